The minimum atomic E-state index is -0.222. The number of anilines is 2. The molecule has 0 spiro atoms. The van der Waals surface area contributed by atoms with E-state index in [9.17, 15) is 4.79 Å². The minimum Gasteiger partial charge on any atom is -0.494 e. The van der Waals surface area contributed by atoms with Crippen LogP contribution in [0.4, 0.5) is 11.6 Å². The number of aromatic nitrogens is 4. The molecule has 2 aromatic heterocycles. The number of ether oxygens (including phenoxy) is 3. The number of carbonyl (C=O) groups is 1. The molecule has 10 heteroatoms. The summed E-state index contributed by atoms with van der Waals surface area (Å²) in [5, 5.41) is 8.98. The third kappa shape index (κ3) is 5.41. The van der Waals surface area contributed by atoms with E-state index in [-0.39, 0.29) is 29.8 Å². The van der Waals surface area contributed by atoms with Crippen LogP contribution in [-0.4, -0.2) is 60.0 Å². The lowest BCUT2D eigenvalue weighted by molar-refractivity contribution is -0.714. The molecule has 3 heterocycles. The van der Waals surface area contributed by atoms with E-state index in [0.717, 1.165) is 42.9 Å². The largest absolute Gasteiger partial charge is 0.494 e. The zero-order valence-electron chi connectivity index (χ0n) is 22.9. The Morgan fingerprint density at radius 3 is 2.58 bits per heavy atom. The fraction of sp³-hybridized carbons (Fsp3) is 0.571. The van der Waals surface area contributed by atoms with Gasteiger partial charge in [-0.2, -0.15) is 0 Å². The number of rotatable bonds is 7. The molecule has 10 nitrogen and oxygen atoms in total. The lowest BCUT2D eigenvalue weighted by Crippen LogP contribution is -2.41. The highest BCUT2D eigenvalue weighted by Crippen LogP contribution is 2.40. The Morgan fingerprint density at radius 1 is 1.16 bits per heavy atom. The van der Waals surface area contributed by atoms with E-state index < -0.39 is 0 Å². The van der Waals surface area contributed by atoms with Crippen molar-refractivity contribution in [2.45, 2.75) is 70.9 Å². The number of nitrogen functional groups attached to an aromatic ring is 1. The van der Waals surface area contributed by atoms with Gasteiger partial charge in [-0.1, -0.05) is 31.7 Å². The first kappa shape index (κ1) is 26.2. The van der Waals surface area contributed by atoms with Crippen molar-refractivity contribution < 1.29 is 23.7 Å². The molecule has 0 atom stereocenters. The maximum absolute atomic E-state index is 13.7. The normalized spacial score (nSPS) is 17.1. The number of nitrogens with zero attached hydrogens (tertiary/aromatic N) is 5. The summed E-state index contributed by atoms with van der Waals surface area (Å²) < 4.78 is 20.7. The summed E-state index contributed by atoms with van der Waals surface area (Å²) in [4.78, 5) is 15.9. The summed E-state index contributed by atoms with van der Waals surface area (Å²) in [6.45, 7) is 9.17. The predicted molar refractivity (Wildman–Crippen MR) is 144 cm³/mol. The predicted octanol–water partition coefficient (Wildman–Crippen LogP) is 3.34. The van der Waals surface area contributed by atoms with Crippen LogP contribution >= 0.6 is 0 Å². The minimum absolute atomic E-state index is 0.0314. The first-order chi connectivity index (χ1) is 18.2. The molecule has 2 fully saturated rings. The molecule has 1 aromatic carbocycles. The van der Waals surface area contributed by atoms with Crippen molar-refractivity contribution in [2.24, 2.45) is 0 Å². The van der Waals surface area contributed by atoms with Gasteiger partial charge in [0.15, 0.2) is 6.54 Å². The first-order valence-electron chi connectivity index (χ1n) is 13.5. The maximum Gasteiger partial charge on any atom is 0.355 e. The van der Waals surface area contributed by atoms with Crippen LogP contribution in [0.2, 0.25) is 0 Å². The summed E-state index contributed by atoms with van der Waals surface area (Å²) in [7, 11) is 1.69. The number of methoxy groups -OCH3 is 1. The summed E-state index contributed by atoms with van der Waals surface area (Å²) >= 11 is 0. The molecule has 38 heavy (non-hydrogen) atoms. The molecule has 0 radical (unpaired) electrons. The number of nitrogens with two attached hydrogens (primary N) is 1. The van der Waals surface area contributed by atoms with Crippen molar-refractivity contribution >= 4 is 23.1 Å². The van der Waals surface area contributed by atoms with Crippen molar-refractivity contribution in [3.63, 3.8) is 0 Å². The number of carbonyl (C=O) groups excluding carboxylic acids is 1. The van der Waals surface area contributed by atoms with Gasteiger partial charge in [0.25, 0.3) is 5.88 Å². The molecule has 0 amide bonds. The molecule has 3 aromatic rings. The van der Waals surface area contributed by atoms with E-state index in [4.69, 9.17) is 19.9 Å². The molecule has 1 aliphatic carbocycles. The monoisotopic (exact) mass is 523 g/mol. The van der Waals surface area contributed by atoms with E-state index in [2.05, 4.69) is 35.9 Å². The van der Waals surface area contributed by atoms with Gasteiger partial charge in [-0.3, -0.25) is 4.79 Å². The summed E-state index contributed by atoms with van der Waals surface area (Å²) in [6, 6.07) is 7.56. The fourth-order valence-electron chi connectivity index (χ4n) is 5.33. The van der Waals surface area contributed by atoms with Crippen LogP contribution < -0.4 is 24.8 Å². The molecule has 5 rings (SSSR count). The Kier molecular flexibility index (Phi) is 7.43. The third-order valence-electron chi connectivity index (χ3n) is 7.38. The molecule has 1 aliphatic heterocycles. The highest BCUT2D eigenvalue weighted by atomic mass is 16.5. The van der Waals surface area contributed by atoms with E-state index >= 15 is 0 Å². The van der Waals surface area contributed by atoms with Crippen LogP contribution in [-0.2, 0) is 16.7 Å². The zero-order valence-corrected chi connectivity index (χ0v) is 22.9. The number of fused-ring (bicyclic) bond motifs is 1. The third-order valence-corrected chi connectivity index (χ3v) is 7.38. The average Bonchev–Trinajstić information content (AvgIpc) is 3.22. The van der Waals surface area contributed by atoms with E-state index in [1.165, 1.54) is 19.3 Å². The van der Waals surface area contributed by atoms with Gasteiger partial charge in [0.2, 0.25) is 5.78 Å². The quantitative estimate of drug-likeness (QED) is 0.371. The Hall–Kier alpha value is -3.40. The van der Waals surface area contributed by atoms with E-state index in [0.29, 0.717) is 30.3 Å². The number of hydrogen-bond acceptors (Lipinski definition) is 8. The van der Waals surface area contributed by atoms with Crippen LogP contribution in [0.25, 0.3) is 5.65 Å². The molecule has 0 bridgehead atoms. The van der Waals surface area contributed by atoms with Crippen LogP contribution in [0.5, 0.6) is 11.6 Å². The van der Waals surface area contributed by atoms with Crippen LogP contribution in [0, 0.1) is 0 Å². The van der Waals surface area contributed by atoms with Crippen molar-refractivity contribution in [2.75, 3.05) is 44.0 Å². The van der Waals surface area contributed by atoms with Gasteiger partial charge >= 0.3 is 11.6 Å². The average molecular weight is 524 g/mol. The fourth-order valence-corrected chi connectivity index (χ4v) is 5.33. The van der Waals surface area contributed by atoms with Crippen LogP contribution in [0.3, 0.4) is 0 Å². The standard InChI is InChI=1S/C28H39N6O4/c1-28(2,3)21-16-19(17-22(26(21)36-4)32-12-14-37-15-13-32)23(35)18-33-25-11-10-24(30-34(25)27(29)31-33)38-20-8-6-5-7-9-20/h10-11,16-17,20H,5-9,12-15,18H2,1-4H3,(H2,29,31)/q+1. The van der Waals surface area contributed by atoms with Gasteiger partial charge < -0.3 is 24.8 Å². The lowest BCUT2D eigenvalue weighted by Gasteiger charge is -2.33. The van der Waals surface area contributed by atoms with Crippen molar-refractivity contribution in [3.8, 4) is 11.6 Å². The van der Waals surface area contributed by atoms with Gasteiger partial charge in [-0.05, 0) is 53.4 Å². The molecule has 2 aliphatic rings. The Bertz CT molecular complexity index is 1300. The highest BCUT2D eigenvalue weighted by molar-refractivity contribution is 5.97. The SMILES string of the molecule is COc1c(N2CCOCC2)cc(C(=O)C[n+]2nc(N)n3nc(OC4CCCCC4)ccc32)cc1C(C)(C)C. The second-order valence-corrected chi connectivity index (χ2v) is 11.2. The smallest absolute Gasteiger partial charge is 0.355 e. The summed E-state index contributed by atoms with van der Waals surface area (Å²) in [5.74, 6) is 1.46. The first-order valence-corrected chi connectivity index (χ1v) is 13.5. The van der Waals surface area contributed by atoms with Gasteiger partial charge in [-0.25, -0.2) is 0 Å². The molecular formula is C28H39N6O4+. The summed E-state index contributed by atoms with van der Waals surface area (Å²) in [6.07, 6.45) is 5.88. The van der Waals surface area contributed by atoms with Gasteiger partial charge in [-0.15, -0.1) is 4.68 Å². The Labute approximate surface area is 223 Å². The van der Waals surface area contributed by atoms with Crippen molar-refractivity contribution in [3.05, 3.63) is 35.4 Å². The number of benzene rings is 1. The van der Waals surface area contributed by atoms with Crippen molar-refractivity contribution in [1.29, 1.82) is 0 Å². The molecular weight excluding hydrogens is 484 g/mol. The molecule has 1 saturated heterocycles. The van der Waals surface area contributed by atoms with Crippen LogP contribution in [0.1, 0.15) is 68.8 Å². The van der Waals surface area contributed by atoms with E-state index in [1.807, 2.05) is 24.3 Å². The number of Topliss-reactive ketones (excluding diaryl/α,β-unsaturated/α-hetero) is 1. The Balaban J connectivity index is 1.44. The second-order valence-electron chi connectivity index (χ2n) is 11.2. The second kappa shape index (κ2) is 10.8. The highest BCUT2D eigenvalue weighted by Gasteiger charge is 2.29. The van der Waals surface area contributed by atoms with Gasteiger partial charge in [0, 0.05) is 36.3 Å². The maximum atomic E-state index is 13.7. The Morgan fingerprint density at radius 2 is 1.89 bits per heavy atom. The molecule has 0 unspecified atom stereocenters. The number of hydrogen-bond donors (Lipinski definition) is 1. The number of morpholine rings is 1. The van der Waals surface area contributed by atoms with E-state index in [1.54, 1.807) is 16.3 Å². The topological polar surface area (TPSA) is 108 Å². The van der Waals surface area contributed by atoms with Crippen LogP contribution in [0.15, 0.2) is 24.3 Å². The van der Waals surface area contributed by atoms with Gasteiger partial charge in [0.1, 0.15) is 11.9 Å². The lowest BCUT2D eigenvalue weighted by atomic mass is 9.84. The van der Waals surface area contributed by atoms with Crippen molar-refractivity contribution in [1.82, 2.24) is 14.7 Å². The molecule has 1 saturated carbocycles. The zero-order chi connectivity index (χ0) is 26.9. The molecule has 204 valence electrons. The summed E-state index contributed by atoms with van der Waals surface area (Å²) in [5.41, 5.74) is 9.11. The number of ketones is 1. The molecule has 2 N–H and O–H groups in total. The van der Waals surface area contributed by atoms with Gasteiger partial charge in [0.05, 0.1) is 26.0 Å².